The lowest BCUT2D eigenvalue weighted by atomic mass is 10.1. The van der Waals surface area contributed by atoms with Crippen LogP contribution in [-0.2, 0) is 6.54 Å². The van der Waals surface area contributed by atoms with E-state index in [2.05, 4.69) is 27.6 Å². The predicted molar refractivity (Wildman–Crippen MR) is 104 cm³/mol. The van der Waals surface area contributed by atoms with Crippen LogP contribution in [0.2, 0.25) is 0 Å². The van der Waals surface area contributed by atoms with Crippen LogP contribution in [0.5, 0.6) is 0 Å². The molecule has 1 heterocycles. The fourth-order valence-corrected chi connectivity index (χ4v) is 2.51. The highest BCUT2D eigenvalue weighted by Gasteiger charge is 2.11. The van der Waals surface area contributed by atoms with Gasteiger partial charge in [0.05, 0.1) is 6.20 Å². The zero-order valence-electron chi connectivity index (χ0n) is 12.2. The van der Waals surface area contributed by atoms with Crippen molar-refractivity contribution in [3.8, 4) is 11.3 Å². The van der Waals surface area contributed by atoms with Gasteiger partial charge in [0.15, 0.2) is 12.2 Å². The second kappa shape index (κ2) is 8.31. The normalized spacial score (nSPS) is 9.96. The van der Waals surface area contributed by atoms with Crippen molar-refractivity contribution in [2.75, 3.05) is 0 Å². The van der Waals surface area contributed by atoms with E-state index in [-0.39, 0.29) is 22.8 Å². The van der Waals surface area contributed by atoms with Crippen molar-refractivity contribution in [2.24, 2.45) is 0 Å². The summed E-state index contributed by atoms with van der Waals surface area (Å²) in [5.74, 6) is 0.0793. The minimum Gasteiger partial charge on any atom is -0.290 e. The first-order chi connectivity index (χ1) is 10.7. The number of aromatic nitrogens is 2. The van der Waals surface area contributed by atoms with E-state index >= 15 is 0 Å². The van der Waals surface area contributed by atoms with Crippen LogP contribution in [-0.4, -0.2) is 10.8 Å². The molecule has 3 aromatic rings. The molecule has 0 aliphatic heterocycles. The molecule has 0 aliphatic rings. The maximum absolute atomic E-state index is 12.2. The highest BCUT2D eigenvalue weighted by molar-refractivity contribution is 14.1. The van der Waals surface area contributed by atoms with E-state index in [1.807, 2.05) is 66.9 Å². The minimum absolute atomic E-state index is 0. The Morgan fingerprint density at radius 3 is 2.30 bits per heavy atom. The van der Waals surface area contributed by atoms with Crippen LogP contribution in [0.4, 0.5) is 0 Å². The minimum atomic E-state index is 0. The van der Waals surface area contributed by atoms with E-state index < -0.39 is 0 Å². The summed E-state index contributed by atoms with van der Waals surface area (Å²) in [5.41, 5.74) is 2.69. The van der Waals surface area contributed by atoms with Gasteiger partial charge in [-0.3, -0.25) is 4.79 Å². The highest BCUT2D eigenvalue weighted by atomic mass is 127. The van der Waals surface area contributed by atoms with E-state index in [1.165, 1.54) is 0 Å². The van der Waals surface area contributed by atoms with Gasteiger partial charge in [-0.05, 0) is 39.7 Å². The standard InChI is InChI=1S/C18H14IN2O.BrH/c19-16-8-6-15(7-9-16)18(22)12-21-11-10-17(20-13-21)14-4-2-1-3-5-14;/h1-11,13H,12H2;1H/q+1;. The SMILES string of the molecule is Br.O=C(C[n+]1ccc(-c2ccccc2)nc1)c1ccc(I)cc1. The Kier molecular flexibility index (Phi) is 6.41. The van der Waals surface area contributed by atoms with Crippen molar-refractivity contribution in [3.05, 3.63) is 82.3 Å². The molecular formula is C18H15BrIN2O+. The number of benzene rings is 2. The van der Waals surface area contributed by atoms with Gasteiger partial charge in [0.25, 0.3) is 6.33 Å². The summed E-state index contributed by atoms with van der Waals surface area (Å²) in [4.78, 5) is 16.6. The topological polar surface area (TPSA) is 33.8 Å². The summed E-state index contributed by atoms with van der Waals surface area (Å²) < 4.78 is 2.92. The van der Waals surface area contributed by atoms with Crippen molar-refractivity contribution in [1.29, 1.82) is 0 Å². The summed E-state index contributed by atoms with van der Waals surface area (Å²) >= 11 is 2.23. The molecule has 5 heteroatoms. The highest BCUT2D eigenvalue weighted by Crippen LogP contribution is 2.13. The van der Waals surface area contributed by atoms with Gasteiger partial charge in [0.2, 0.25) is 5.78 Å². The zero-order chi connectivity index (χ0) is 15.4. The van der Waals surface area contributed by atoms with Crippen LogP contribution in [0.1, 0.15) is 10.4 Å². The lowest BCUT2D eigenvalue weighted by molar-refractivity contribution is -0.686. The molecule has 0 amide bonds. The maximum Gasteiger partial charge on any atom is 0.287 e. The van der Waals surface area contributed by atoms with Crippen molar-refractivity contribution < 1.29 is 9.36 Å². The van der Waals surface area contributed by atoms with Crippen LogP contribution >= 0.6 is 39.6 Å². The average molecular weight is 482 g/mol. The zero-order valence-corrected chi connectivity index (χ0v) is 16.1. The number of carbonyl (C=O) groups excluding carboxylic acids is 1. The molecule has 0 bridgehead atoms. The Balaban J connectivity index is 0.00000192. The van der Waals surface area contributed by atoms with Crippen LogP contribution in [0.15, 0.2) is 73.2 Å². The number of nitrogens with zero attached hydrogens (tertiary/aromatic N) is 2. The Morgan fingerprint density at radius 1 is 1.00 bits per heavy atom. The Bertz CT molecular complexity index is 774. The van der Waals surface area contributed by atoms with Gasteiger partial charge < -0.3 is 0 Å². The molecule has 0 fully saturated rings. The van der Waals surface area contributed by atoms with E-state index in [9.17, 15) is 4.79 Å². The number of Topliss-reactive ketones (excluding diaryl/α,β-unsaturated/α-hetero) is 1. The first-order valence-corrected chi connectivity index (χ1v) is 7.99. The smallest absolute Gasteiger partial charge is 0.287 e. The van der Waals surface area contributed by atoms with Crippen molar-refractivity contribution in [2.45, 2.75) is 6.54 Å². The molecule has 3 rings (SSSR count). The third-order valence-corrected chi connectivity index (χ3v) is 4.05. The van der Waals surface area contributed by atoms with Gasteiger partial charge in [-0.15, -0.1) is 17.0 Å². The Morgan fingerprint density at radius 2 is 1.70 bits per heavy atom. The molecule has 0 N–H and O–H groups in total. The van der Waals surface area contributed by atoms with Gasteiger partial charge in [0.1, 0.15) is 0 Å². The number of rotatable bonds is 4. The van der Waals surface area contributed by atoms with Gasteiger partial charge in [-0.2, -0.15) is 0 Å². The molecular weight excluding hydrogens is 467 g/mol. The molecule has 0 atom stereocenters. The predicted octanol–water partition coefficient (Wildman–Crippen LogP) is 4.10. The number of ketones is 1. The van der Waals surface area contributed by atoms with Gasteiger partial charge >= 0.3 is 0 Å². The Labute approximate surface area is 159 Å². The third-order valence-electron chi connectivity index (χ3n) is 3.33. The molecule has 0 saturated carbocycles. The summed E-state index contributed by atoms with van der Waals surface area (Å²) in [6.45, 7) is 0.294. The molecule has 0 aliphatic carbocycles. The fourth-order valence-electron chi connectivity index (χ4n) is 2.15. The summed E-state index contributed by atoms with van der Waals surface area (Å²) in [7, 11) is 0. The number of halogens is 2. The second-order valence-corrected chi connectivity index (χ2v) is 6.16. The van der Waals surface area contributed by atoms with Crippen molar-refractivity contribution in [1.82, 2.24) is 4.98 Å². The average Bonchev–Trinajstić information content (AvgIpc) is 2.57. The van der Waals surface area contributed by atoms with E-state index in [0.717, 1.165) is 20.4 Å². The molecule has 3 nitrogen and oxygen atoms in total. The van der Waals surface area contributed by atoms with Crippen molar-refractivity contribution in [3.63, 3.8) is 0 Å². The molecule has 0 saturated heterocycles. The van der Waals surface area contributed by atoms with Crippen molar-refractivity contribution >= 4 is 45.4 Å². The first kappa shape index (κ1) is 17.7. The van der Waals surface area contributed by atoms with Crippen LogP contribution in [0.25, 0.3) is 11.3 Å². The number of hydrogen-bond acceptors (Lipinski definition) is 2. The lowest BCUT2D eigenvalue weighted by Gasteiger charge is -2.01. The third kappa shape index (κ3) is 4.68. The molecule has 23 heavy (non-hydrogen) atoms. The van der Waals surface area contributed by atoms with Gasteiger partial charge in [-0.1, -0.05) is 42.5 Å². The lowest BCUT2D eigenvalue weighted by Crippen LogP contribution is -2.37. The quantitative estimate of drug-likeness (QED) is 0.319. The van der Waals surface area contributed by atoms with Crippen LogP contribution in [0, 0.1) is 3.57 Å². The molecule has 116 valence electrons. The molecule has 2 aromatic carbocycles. The molecule has 0 spiro atoms. The summed E-state index contributed by atoms with van der Waals surface area (Å²) in [6, 6.07) is 19.5. The summed E-state index contributed by atoms with van der Waals surface area (Å²) in [5, 5.41) is 0. The molecule has 1 aromatic heterocycles. The largest absolute Gasteiger partial charge is 0.290 e. The number of carbonyl (C=O) groups is 1. The Hall–Kier alpha value is -1.60. The monoisotopic (exact) mass is 481 g/mol. The molecule has 0 unspecified atom stereocenters. The van der Waals surface area contributed by atoms with E-state index in [0.29, 0.717) is 6.54 Å². The van der Waals surface area contributed by atoms with Gasteiger partial charge in [0, 0.05) is 20.8 Å². The molecule has 0 radical (unpaired) electrons. The van der Waals surface area contributed by atoms with Crippen LogP contribution < -0.4 is 4.57 Å². The van der Waals surface area contributed by atoms with Crippen LogP contribution in [0.3, 0.4) is 0 Å². The maximum atomic E-state index is 12.2. The van der Waals surface area contributed by atoms with E-state index in [1.54, 1.807) is 10.9 Å². The second-order valence-electron chi connectivity index (χ2n) is 4.91. The number of hydrogen-bond donors (Lipinski definition) is 0. The van der Waals surface area contributed by atoms with Gasteiger partial charge in [-0.25, -0.2) is 4.57 Å². The fraction of sp³-hybridized carbons (Fsp3) is 0.0556. The summed E-state index contributed by atoms with van der Waals surface area (Å²) in [6.07, 6.45) is 3.59. The van der Waals surface area contributed by atoms with E-state index in [4.69, 9.17) is 0 Å². The first-order valence-electron chi connectivity index (χ1n) is 6.92.